The van der Waals surface area contributed by atoms with E-state index in [4.69, 9.17) is 4.43 Å². The highest BCUT2D eigenvalue weighted by atomic mass is 28.4. The second-order valence-corrected chi connectivity index (χ2v) is 18.8. The van der Waals surface area contributed by atoms with E-state index in [1.54, 1.807) is 0 Å². The summed E-state index contributed by atoms with van der Waals surface area (Å²) in [5, 5.41) is 0. The molecule has 33 heavy (non-hydrogen) atoms. The quantitative estimate of drug-likeness (QED) is 0.266. The second kappa shape index (κ2) is 9.27. The van der Waals surface area contributed by atoms with Crippen LogP contribution in [0.1, 0.15) is 105 Å². The van der Waals surface area contributed by atoms with Gasteiger partial charge in [0.25, 0.3) is 0 Å². The van der Waals surface area contributed by atoms with E-state index in [2.05, 4.69) is 60.8 Å². The molecule has 0 N–H and O–H groups in total. The van der Waals surface area contributed by atoms with Gasteiger partial charge in [0.05, 0.1) is 0 Å². The van der Waals surface area contributed by atoms with Crippen LogP contribution in [0.4, 0.5) is 0 Å². The largest absolute Gasteiger partial charge is 0.415 e. The van der Waals surface area contributed by atoms with Crippen LogP contribution in [0.2, 0.25) is 19.6 Å². The molecule has 0 aromatic rings. The molecule has 0 heterocycles. The van der Waals surface area contributed by atoms with Crippen LogP contribution in [0.5, 0.6) is 0 Å². The standard InChI is InChI=1S/C31H54OSi/c1-21(2)22(3)10-11-23(4)27-14-15-28-26-13-12-24-20-25(32-33(7,8)9)16-18-30(24,5)29(26)17-19-31(27,28)6/h21,23-25,27-28H,3,10-20H2,1-2,4-9H3/t23-,24+,25?,27-,28+,30+,31-/m1/s1. The Morgan fingerprint density at radius 3 is 2.42 bits per heavy atom. The van der Waals surface area contributed by atoms with Crippen LogP contribution in [0.15, 0.2) is 23.3 Å². The van der Waals surface area contributed by atoms with Gasteiger partial charge in [-0.3, -0.25) is 0 Å². The highest BCUT2D eigenvalue weighted by Gasteiger charge is 2.56. The van der Waals surface area contributed by atoms with Gasteiger partial charge in [-0.25, -0.2) is 0 Å². The highest BCUT2D eigenvalue weighted by molar-refractivity contribution is 6.69. The van der Waals surface area contributed by atoms with Gasteiger partial charge in [0.15, 0.2) is 8.32 Å². The lowest BCUT2D eigenvalue weighted by molar-refractivity contribution is 0.0208. The van der Waals surface area contributed by atoms with Crippen molar-refractivity contribution in [2.45, 2.75) is 131 Å². The summed E-state index contributed by atoms with van der Waals surface area (Å²) in [4.78, 5) is 0. The van der Waals surface area contributed by atoms with E-state index in [1.807, 2.05) is 11.1 Å². The normalized spacial score (nSPS) is 39.8. The third-order valence-electron chi connectivity index (χ3n) is 11.0. The van der Waals surface area contributed by atoms with Crippen molar-refractivity contribution in [1.82, 2.24) is 0 Å². The number of fused-ring (bicyclic) bond motifs is 4. The summed E-state index contributed by atoms with van der Waals surface area (Å²) in [7, 11) is -1.44. The summed E-state index contributed by atoms with van der Waals surface area (Å²) in [6.07, 6.45) is 15.6. The molecule has 7 atom stereocenters. The van der Waals surface area contributed by atoms with Crippen LogP contribution in [-0.2, 0) is 4.43 Å². The van der Waals surface area contributed by atoms with E-state index in [0.717, 1.165) is 23.7 Å². The molecule has 0 aliphatic heterocycles. The lowest BCUT2D eigenvalue weighted by Gasteiger charge is -2.55. The molecule has 2 saturated carbocycles. The molecular formula is C31H54OSi. The fourth-order valence-electron chi connectivity index (χ4n) is 8.91. The third kappa shape index (κ3) is 4.86. The first-order chi connectivity index (χ1) is 15.3. The van der Waals surface area contributed by atoms with Gasteiger partial charge in [-0.15, -0.1) is 0 Å². The van der Waals surface area contributed by atoms with Gasteiger partial charge in [-0.1, -0.05) is 57.9 Å². The Labute approximate surface area is 207 Å². The summed E-state index contributed by atoms with van der Waals surface area (Å²) >= 11 is 0. The average Bonchev–Trinajstić information content (AvgIpc) is 3.08. The molecule has 0 spiro atoms. The molecule has 4 aliphatic carbocycles. The molecule has 4 rings (SSSR count). The van der Waals surface area contributed by atoms with Gasteiger partial charge in [-0.2, -0.15) is 0 Å². The SMILES string of the molecule is C=C(CC[C@@H](C)[C@H]1CC[C@H]2C3=C(CC[C@]12C)[C@@]1(C)CCC(O[Si](C)(C)C)C[C@@H]1CC3)C(C)C. The zero-order chi connectivity index (χ0) is 24.2. The Bertz CT molecular complexity index is 772. The minimum absolute atomic E-state index is 0.465. The molecule has 0 bridgehead atoms. The predicted molar refractivity (Wildman–Crippen MR) is 146 cm³/mol. The first-order valence-electron chi connectivity index (χ1n) is 14.4. The third-order valence-corrected chi connectivity index (χ3v) is 12.0. The van der Waals surface area contributed by atoms with Gasteiger partial charge >= 0.3 is 0 Å². The lowest BCUT2D eigenvalue weighted by Crippen LogP contribution is -2.47. The van der Waals surface area contributed by atoms with E-state index < -0.39 is 8.32 Å². The van der Waals surface area contributed by atoms with Gasteiger partial charge in [0.2, 0.25) is 0 Å². The minimum atomic E-state index is -1.44. The van der Waals surface area contributed by atoms with Crippen LogP contribution in [0.3, 0.4) is 0 Å². The van der Waals surface area contributed by atoms with Gasteiger partial charge in [-0.05, 0) is 131 Å². The zero-order valence-electron chi connectivity index (χ0n) is 23.4. The van der Waals surface area contributed by atoms with Crippen molar-refractivity contribution >= 4 is 8.32 Å². The number of hydrogen-bond acceptors (Lipinski definition) is 1. The summed E-state index contributed by atoms with van der Waals surface area (Å²) in [6.45, 7) is 24.0. The number of hydrogen-bond donors (Lipinski definition) is 0. The first-order valence-corrected chi connectivity index (χ1v) is 17.8. The molecule has 0 radical (unpaired) electrons. The Balaban J connectivity index is 1.48. The van der Waals surface area contributed by atoms with Gasteiger partial charge in [0.1, 0.15) is 0 Å². The summed E-state index contributed by atoms with van der Waals surface area (Å²) in [6, 6.07) is 0. The van der Waals surface area contributed by atoms with Gasteiger partial charge < -0.3 is 4.43 Å². The van der Waals surface area contributed by atoms with Crippen LogP contribution in [0, 0.1) is 40.4 Å². The maximum atomic E-state index is 6.61. The van der Waals surface area contributed by atoms with Crippen LogP contribution < -0.4 is 0 Å². The molecule has 1 unspecified atom stereocenters. The molecule has 2 fully saturated rings. The van der Waals surface area contributed by atoms with Gasteiger partial charge in [0, 0.05) is 6.10 Å². The fourth-order valence-corrected chi connectivity index (χ4v) is 10.1. The summed E-state index contributed by atoms with van der Waals surface area (Å²) in [5.74, 6) is 4.10. The van der Waals surface area contributed by atoms with Crippen molar-refractivity contribution in [3.63, 3.8) is 0 Å². The Kier molecular flexibility index (Phi) is 7.23. The molecule has 0 aromatic heterocycles. The predicted octanol–water partition coefficient (Wildman–Crippen LogP) is 9.56. The maximum absolute atomic E-state index is 6.61. The van der Waals surface area contributed by atoms with Crippen LogP contribution in [-0.4, -0.2) is 14.4 Å². The molecule has 0 amide bonds. The van der Waals surface area contributed by atoms with Crippen molar-refractivity contribution in [3.05, 3.63) is 23.3 Å². The maximum Gasteiger partial charge on any atom is 0.184 e. The summed E-state index contributed by atoms with van der Waals surface area (Å²) < 4.78 is 6.61. The van der Waals surface area contributed by atoms with Crippen molar-refractivity contribution in [2.24, 2.45) is 40.4 Å². The number of rotatable bonds is 7. The molecule has 188 valence electrons. The van der Waals surface area contributed by atoms with E-state index in [-0.39, 0.29) is 0 Å². The summed E-state index contributed by atoms with van der Waals surface area (Å²) in [5.41, 5.74) is 6.35. The van der Waals surface area contributed by atoms with Crippen molar-refractivity contribution in [1.29, 1.82) is 0 Å². The van der Waals surface area contributed by atoms with Crippen LogP contribution in [0.25, 0.3) is 0 Å². The fraction of sp³-hybridized carbons (Fsp3) is 0.871. The van der Waals surface area contributed by atoms with E-state index in [9.17, 15) is 0 Å². The molecule has 0 aromatic carbocycles. The molecule has 0 saturated heterocycles. The minimum Gasteiger partial charge on any atom is -0.415 e. The zero-order valence-corrected chi connectivity index (χ0v) is 24.4. The Hall–Kier alpha value is -0.343. The van der Waals surface area contributed by atoms with Crippen molar-refractivity contribution in [3.8, 4) is 0 Å². The van der Waals surface area contributed by atoms with E-state index >= 15 is 0 Å². The lowest BCUT2D eigenvalue weighted by atomic mass is 9.50. The van der Waals surface area contributed by atoms with Crippen LogP contribution >= 0.6 is 0 Å². The van der Waals surface area contributed by atoms with Crippen molar-refractivity contribution in [2.75, 3.05) is 0 Å². The molecule has 1 nitrogen and oxygen atoms in total. The topological polar surface area (TPSA) is 9.23 Å². The highest BCUT2D eigenvalue weighted by Crippen LogP contribution is 2.66. The van der Waals surface area contributed by atoms with E-state index in [0.29, 0.717) is 22.9 Å². The Morgan fingerprint density at radius 1 is 1.03 bits per heavy atom. The van der Waals surface area contributed by atoms with Crippen molar-refractivity contribution < 1.29 is 4.43 Å². The molecular weight excluding hydrogens is 416 g/mol. The molecule has 4 aliphatic rings. The number of allylic oxidation sites excluding steroid dienone is 3. The average molecular weight is 471 g/mol. The smallest absolute Gasteiger partial charge is 0.184 e. The Morgan fingerprint density at radius 2 is 1.76 bits per heavy atom. The first kappa shape index (κ1) is 25.7. The monoisotopic (exact) mass is 470 g/mol. The van der Waals surface area contributed by atoms with E-state index in [1.165, 1.54) is 76.2 Å². The molecule has 2 heteroatoms. The second-order valence-electron chi connectivity index (χ2n) is 14.4.